The first kappa shape index (κ1) is 26.9. The Morgan fingerprint density at radius 1 is 1.06 bits per heavy atom. The zero-order valence-electron chi connectivity index (χ0n) is 20.4. The highest BCUT2D eigenvalue weighted by molar-refractivity contribution is 9.10. The lowest BCUT2D eigenvalue weighted by Crippen LogP contribution is -2.51. The molecule has 0 aliphatic rings. The van der Waals surface area contributed by atoms with E-state index >= 15 is 0 Å². The summed E-state index contributed by atoms with van der Waals surface area (Å²) in [6.45, 7) is 11.2. The number of amides is 2. The summed E-state index contributed by atoms with van der Waals surface area (Å²) in [7, 11) is 0. The molecule has 0 radical (unpaired) electrons. The van der Waals surface area contributed by atoms with E-state index in [2.05, 4.69) is 48.9 Å². The number of carbonyl (C=O) groups excluding carboxylic acids is 2. The maximum absolute atomic E-state index is 13.3. The lowest BCUT2D eigenvalue weighted by Gasteiger charge is -2.31. The van der Waals surface area contributed by atoms with Crippen molar-refractivity contribution in [1.29, 1.82) is 0 Å². The highest BCUT2D eigenvalue weighted by Gasteiger charge is 2.28. The van der Waals surface area contributed by atoms with Crippen molar-refractivity contribution in [1.82, 2.24) is 10.2 Å². The van der Waals surface area contributed by atoms with Crippen molar-refractivity contribution in [3.63, 3.8) is 0 Å². The SMILES string of the molecule is CCC(C(=O)NCC(C)C)N(CCc1ccccc1)C(=O)COc1ccc(C(C)C)cc1Br. The minimum atomic E-state index is -0.532. The zero-order valence-corrected chi connectivity index (χ0v) is 22.0. The first-order chi connectivity index (χ1) is 15.7. The molecule has 2 aromatic carbocycles. The minimum absolute atomic E-state index is 0.116. The Kier molecular flexibility index (Phi) is 10.9. The number of nitrogens with one attached hydrogen (secondary N) is 1. The summed E-state index contributed by atoms with van der Waals surface area (Å²) >= 11 is 3.55. The van der Waals surface area contributed by atoms with E-state index in [1.165, 1.54) is 5.56 Å². The average molecular weight is 518 g/mol. The van der Waals surface area contributed by atoms with Crippen LogP contribution in [-0.2, 0) is 16.0 Å². The quantitative estimate of drug-likeness (QED) is 0.400. The van der Waals surface area contributed by atoms with Crippen LogP contribution in [0.5, 0.6) is 5.75 Å². The number of nitrogens with zero attached hydrogens (tertiary/aromatic N) is 1. The van der Waals surface area contributed by atoms with E-state index in [0.29, 0.717) is 43.5 Å². The predicted octanol–water partition coefficient (Wildman–Crippen LogP) is 5.57. The van der Waals surface area contributed by atoms with Gasteiger partial charge in [0.1, 0.15) is 11.8 Å². The number of benzene rings is 2. The molecule has 0 bridgehead atoms. The molecule has 0 aliphatic carbocycles. The van der Waals surface area contributed by atoms with Gasteiger partial charge >= 0.3 is 0 Å². The van der Waals surface area contributed by atoms with Crippen molar-refractivity contribution in [2.24, 2.45) is 5.92 Å². The third-order valence-corrected chi connectivity index (χ3v) is 6.15. The lowest BCUT2D eigenvalue weighted by atomic mass is 10.0. The van der Waals surface area contributed by atoms with Crippen molar-refractivity contribution < 1.29 is 14.3 Å². The van der Waals surface area contributed by atoms with Crippen molar-refractivity contribution in [3.8, 4) is 5.75 Å². The van der Waals surface area contributed by atoms with E-state index in [1.54, 1.807) is 4.90 Å². The van der Waals surface area contributed by atoms with Gasteiger partial charge in [0.2, 0.25) is 5.91 Å². The highest BCUT2D eigenvalue weighted by atomic mass is 79.9. The van der Waals surface area contributed by atoms with Crippen LogP contribution in [0.3, 0.4) is 0 Å². The van der Waals surface area contributed by atoms with Gasteiger partial charge in [-0.3, -0.25) is 9.59 Å². The monoisotopic (exact) mass is 516 g/mol. The predicted molar refractivity (Wildman–Crippen MR) is 138 cm³/mol. The number of halogens is 1. The molecule has 6 heteroatoms. The normalized spacial score (nSPS) is 12.0. The average Bonchev–Trinajstić information content (AvgIpc) is 2.79. The van der Waals surface area contributed by atoms with Crippen LogP contribution in [0.2, 0.25) is 0 Å². The van der Waals surface area contributed by atoms with Crippen LogP contribution < -0.4 is 10.1 Å². The smallest absolute Gasteiger partial charge is 0.261 e. The van der Waals surface area contributed by atoms with Crippen LogP contribution in [0, 0.1) is 5.92 Å². The summed E-state index contributed by atoms with van der Waals surface area (Å²) in [6.07, 6.45) is 1.21. The summed E-state index contributed by atoms with van der Waals surface area (Å²) in [5.41, 5.74) is 2.32. The Hall–Kier alpha value is -2.34. The topological polar surface area (TPSA) is 58.6 Å². The van der Waals surface area contributed by atoms with E-state index < -0.39 is 6.04 Å². The van der Waals surface area contributed by atoms with Gasteiger partial charge in [0.25, 0.3) is 5.91 Å². The number of hydrogen-bond donors (Lipinski definition) is 1. The number of ether oxygens (including phenoxy) is 1. The molecule has 0 fully saturated rings. The molecule has 1 atom stereocenters. The third-order valence-electron chi connectivity index (χ3n) is 5.53. The van der Waals surface area contributed by atoms with Crippen molar-refractivity contribution >= 4 is 27.7 Å². The second-order valence-electron chi connectivity index (χ2n) is 9.02. The van der Waals surface area contributed by atoms with Gasteiger partial charge in [-0.05, 0) is 63.9 Å². The largest absolute Gasteiger partial charge is 0.483 e. The zero-order chi connectivity index (χ0) is 24.4. The van der Waals surface area contributed by atoms with Crippen molar-refractivity contribution in [2.75, 3.05) is 19.7 Å². The number of rotatable bonds is 12. The fourth-order valence-electron chi connectivity index (χ4n) is 3.53. The molecule has 2 rings (SSSR count). The van der Waals surface area contributed by atoms with E-state index in [-0.39, 0.29) is 18.4 Å². The molecule has 180 valence electrons. The Balaban J connectivity index is 2.14. The van der Waals surface area contributed by atoms with Gasteiger partial charge in [-0.25, -0.2) is 0 Å². The van der Waals surface area contributed by atoms with Gasteiger partial charge in [-0.15, -0.1) is 0 Å². The summed E-state index contributed by atoms with van der Waals surface area (Å²) in [6, 6.07) is 15.4. The van der Waals surface area contributed by atoms with Gasteiger partial charge < -0.3 is 15.0 Å². The molecule has 0 saturated heterocycles. The Bertz CT molecular complexity index is 899. The van der Waals surface area contributed by atoms with Crippen molar-refractivity contribution in [3.05, 3.63) is 64.1 Å². The molecule has 0 heterocycles. The second-order valence-corrected chi connectivity index (χ2v) is 9.87. The molecule has 2 aromatic rings. The fraction of sp³-hybridized carbons (Fsp3) is 0.481. The van der Waals surface area contributed by atoms with Crippen LogP contribution >= 0.6 is 15.9 Å². The van der Waals surface area contributed by atoms with Crippen LogP contribution in [0.4, 0.5) is 0 Å². The van der Waals surface area contributed by atoms with Crippen molar-refractivity contribution in [2.45, 2.75) is 59.4 Å². The van der Waals surface area contributed by atoms with Gasteiger partial charge in [-0.2, -0.15) is 0 Å². The number of carbonyl (C=O) groups is 2. The first-order valence-electron chi connectivity index (χ1n) is 11.8. The Morgan fingerprint density at radius 3 is 2.33 bits per heavy atom. The van der Waals surface area contributed by atoms with Crippen LogP contribution in [0.15, 0.2) is 53.0 Å². The third kappa shape index (κ3) is 8.50. The summed E-state index contributed by atoms with van der Waals surface area (Å²) in [4.78, 5) is 27.9. The van der Waals surface area contributed by atoms with Crippen LogP contribution in [0.1, 0.15) is 58.1 Å². The van der Waals surface area contributed by atoms with E-state index in [0.717, 1.165) is 10.0 Å². The molecule has 33 heavy (non-hydrogen) atoms. The molecule has 1 unspecified atom stereocenters. The van der Waals surface area contributed by atoms with Gasteiger partial charge in [0.05, 0.1) is 4.47 Å². The van der Waals surface area contributed by atoms with Crippen LogP contribution in [0.25, 0.3) is 0 Å². The molecule has 5 nitrogen and oxygen atoms in total. The van der Waals surface area contributed by atoms with E-state index in [4.69, 9.17) is 4.74 Å². The fourth-order valence-corrected chi connectivity index (χ4v) is 4.05. The summed E-state index contributed by atoms with van der Waals surface area (Å²) in [5, 5.41) is 2.99. The van der Waals surface area contributed by atoms with E-state index in [9.17, 15) is 9.59 Å². The van der Waals surface area contributed by atoms with Gasteiger partial charge in [-0.1, -0.05) is 71.0 Å². The van der Waals surface area contributed by atoms with Crippen LogP contribution in [-0.4, -0.2) is 42.5 Å². The Morgan fingerprint density at radius 2 is 1.76 bits per heavy atom. The highest BCUT2D eigenvalue weighted by Crippen LogP contribution is 2.29. The second kappa shape index (κ2) is 13.4. The summed E-state index contributed by atoms with van der Waals surface area (Å²) < 4.78 is 6.69. The molecule has 0 aliphatic heterocycles. The molecule has 1 N–H and O–H groups in total. The lowest BCUT2D eigenvalue weighted by molar-refractivity contribution is -0.142. The first-order valence-corrected chi connectivity index (χ1v) is 12.6. The van der Waals surface area contributed by atoms with Gasteiger partial charge in [0.15, 0.2) is 6.61 Å². The molecular weight excluding hydrogens is 480 g/mol. The standard InChI is InChI=1S/C27H37BrN2O3/c1-6-24(27(32)29-17-19(2)3)30(15-14-21-10-8-7-9-11-21)26(31)18-33-25-13-12-22(20(4)5)16-23(25)28/h7-13,16,19-20,24H,6,14-15,17-18H2,1-5H3,(H,29,32). The van der Waals surface area contributed by atoms with E-state index in [1.807, 2.05) is 55.5 Å². The molecule has 0 saturated carbocycles. The maximum Gasteiger partial charge on any atom is 0.261 e. The van der Waals surface area contributed by atoms with Gasteiger partial charge in [0, 0.05) is 13.1 Å². The number of hydrogen-bond acceptors (Lipinski definition) is 3. The molecule has 0 aromatic heterocycles. The Labute approximate surface area is 207 Å². The minimum Gasteiger partial charge on any atom is -0.483 e. The maximum atomic E-state index is 13.3. The molecule has 0 spiro atoms. The molecular formula is C27H37BrN2O3. The summed E-state index contributed by atoms with van der Waals surface area (Å²) in [5.74, 6) is 1.05. The molecule has 2 amide bonds.